The highest BCUT2D eigenvalue weighted by Crippen LogP contribution is 2.36. The normalized spacial score (nSPS) is 14.0. The van der Waals surface area contributed by atoms with Crippen LogP contribution in [0.3, 0.4) is 0 Å². The van der Waals surface area contributed by atoms with Crippen LogP contribution in [0.15, 0.2) is 84.6 Å². The van der Waals surface area contributed by atoms with Crippen molar-refractivity contribution >= 4 is 40.4 Å². The zero-order valence-corrected chi connectivity index (χ0v) is 15.3. The molecule has 0 fully saturated rings. The number of imide groups is 1. The molecule has 4 rings (SSSR count). The minimum atomic E-state index is -0.527. The molecule has 1 N–H and O–H groups in total. The van der Waals surface area contributed by atoms with Gasteiger partial charge in [0.05, 0.1) is 16.3 Å². The molecule has 28 heavy (non-hydrogen) atoms. The van der Waals surface area contributed by atoms with Gasteiger partial charge in [0, 0.05) is 5.69 Å². The van der Waals surface area contributed by atoms with Crippen LogP contribution in [0.1, 0.15) is 5.56 Å². The molecule has 0 spiro atoms. The zero-order chi connectivity index (χ0) is 19.7. The zero-order valence-electron chi connectivity index (χ0n) is 14.5. The second-order valence-corrected chi connectivity index (χ2v) is 6.55. The van der Waals surface area contributed by atoms with E-state index in [4.69, 9.17) is 11.6 Å². The van der Waals surface area contributed by atoms with Crippen molar-refractivity contribution in [3.63, 3.8) is 0 Å². The van der Waals surface area contributed by atoms with Crippen LogP contribution >= 0.6 is 11.6 Å². The van der Waals surface area contributed by atoms with Gasteiger partial charge in [-0.05, 0) is 42.0 Å². The van der Waals surface area contributed by atoms with Gasteiger partial charge in [-0.15, -0.1) is 0 Å². The first-order valence-corrected chi connectivity index (χ1v) is 8.89. The van der Waals surface area contributed by atoms with Gasteiger partial charge in [-0.3, -0.25) is 9.59 Å². The molecule has 0 atom stereocenters. The Morgan fingerprint density at radius 2 is 1.43 bits per heavy atom. The standard InChI is InChI=1S/C22H14ClFN2O2/c23-17-8-4-5-9-18(17)26-21(27)19(14-10-12-15(24)13-11-14)20(22(26)28)25-16-6-2-1-3-7-16/h1-13,25H. The maximum Gasteiger partial charge on any atom is 0.282 e. The fourth-order valence-corrected chi connectivity index (χ4v) is 3.27. The molecule has 2 amide bonds. The van der Waals surface area contributed by atoms with Gasteiger partial charge in [0.15, 0.2) is 0 Å². The summed E-state index contributed by atoms with van der Waals surface area (Å²) in [5, 5.41) is 3.32. The molecule has 0 saturated carbocycles. The molecule has 0 saturated heterocycles. The highest BCUT2D eigenvalue weighted by Gasteiger charge is 2.41. The predicted octanol–water partition coefficient (Wildman–Crippen LogP) is 4.88. The number of nitrogens with one attached hydrogen (secondary N) is 1. The van der Waals surface area contributed by atoms with E-state index >= 15 is 0 Å². The molecular weight excluding hydrogens is 379 g/mol. The number of rotatable bonds is 4. The summed E-state index contributed by atoms with van der Waals surface area (Å²) in [6.45, 7) is 0. The van der Waals surface area contributed by atoms with Crippen molar-refractivity contribution in [2.75, 3.05) is 10.2 Å². The summed E-state index contributed by atoms with van der Waals surface area (Å²) in [6, 6.07) is 21.1. The molecule has 0 bridgehead atoms. The number of nitrogens with zero attached hydrogens (tertiary/aromatic N) is 1. The van der Waals surface area contributed by atoms with Crippen LogP contribution in [0.5, 0.6) is 0 Å². The van der Waals surface area contributed by atoms with Gasteiger partial charge in [0.25, 0.3) is 11.8 Å². The van der Waals surface area contributed by atoms with Crippen LogP contribution in [-0.4, -0.2) is 11.8 Å². The Hall–Kier alpha value is -3.44. The van der Waals surface area contributed by atoms with Gasteiger partial charge < -0.3 is 5.32 Å². The minimum absolute atomic E-state index is 0.114. The molecule has 1 aliphatic rings. The highest BCUT2D eigenvalue weighted by atomic mass is 35.5. The number of hydrogen-bond acceptors (Lipinski definition) is 3. The van der Waals surface area contributed by atoms with Crippen molar-refractivity contribution in [1.29, 1.82) is 0 Å². The molecule has 1 aliphatic heterocycles. The number of anilines is 2. The van der Waals surface area contributed by atoms with E-state index in [2.05, 4.69) is 5.32 Å². The summed E-state index contributed by atoms with van der Waals surface area (Å²) >= 11 is 6.22. The Morgan fingerprint density at radius 1 is 0.786 bits per heavy atom. The van der Waals surface area contributed by atoms with E-state index in [0.717, 1.165) is 4.90 Å². The Labute approximate surface area is 165 Å². The first kappa shape index (κ1) is 17.9. The molecule has 138 valence electrons. The number of amides is 2. The van der Waals surface area contributed by atoms with E-state index < -0.39 is 17.6 Å². The smallest absolute Gasteiger partial charge is 0.282 e. The molecular formula is C22H14ClFN2O2. The summed E-state index contributed by atoms with van der Waals surface area (Å²) in [4.78, 5) is 27.4. The second-order valence-electron chi connectivity index (χ2n) is 6.15. The maximum absolute atomic E-state index is 13.4. The number of carbonyl (C=O) groups is 2. The maximum atomic E-state index is 13.4. The molecule has 0 unspecified atom stereocenters. The van der Waals surface area contributed by atoms with E-state index in [9.17, 15) is 14.0 Å². The molecule has 4 nitrogen and oxygen atoms in total. The van der Waals surface area contributed by atoms with Gasteiger partial charge in [-0.25, -0.2) is 9.29 Å². The summed E-state index contributed by atoms with van der Waals surface area (Å²) < 4.78 is 13.4. The molecule has 3 aromatic carbocycles. The SMILES string of the molecule is O=C1C(Nc2ccccc2)=C(c2ccc(F)cc2)C(=O)N1c1ccccc1Cl. The fraction of sp³-hybridized carbons (Fsp3) is 0. The van der Waals surface area contributed by atoms with Crippen molar-refractivity contribution in [3.8, 4) is 0 Å². The van der Waals surface area contributed by atoms with Crippen molar-refractivity contribution in [3.05, 3.63) is 101 Å². The molecule has 6 heteroatoms. The van der Waals surface area contributed by atoms with Crippen LogP contribution in [0, 0.1) is 5.82 Å². The molecule has 1 heterocycles. The molecule has 0 aliphatic carbocycles. The summed E-state index contributed by atoms with van der Waals surface area (Å²) in [5.74, 6) is -1.48. The van der Waals surface area contributed by atoms with Gasteiger partial charge in [-0.2, -0.15) is 0 Å². The number of para-hydroxylation sites is 2. The Balaban J connectivity index is 1.84. The summed E-state index contributed by atoms with van der Waals surface area (Å²) in [5.41, 5.74) is 1.66. The molecule has 0 radical (unpaired) electrons. The van der Waals surface area contributed by atoms with E-state index in [1.807, 2.05) is 18.2 Å². The fourth-order valence-electron chi connectivity index (χ4n) is 3.05. The average molecular weight is 393 g/mol. The summed E-state index contributed by atoms with van der Waals surface area (Å²) in [7, 11) is 0. The molecule has 3 aromatic rings. The van der Waals surface area contributed by atoms with E-state index in [1.54, 1.807) is 36.4 Å². The Kier molecular flexibility index (Phi) is 4.67. The van der Waals surface area contributed by atoms with Crippen molar-refractivity contribution in [2.45, 2.75) is 0 Å². The van der Waals surface area contributed by atoms with E-state index in [1.165, 1.54) is 24.3 Å². The lowest BCUT2D eigenvalue weighted by atomic mass is 10.0. The van der Waals surface area contributed by atoms with Crippen LogP contribution < -0.4 is 10.2 Å². The van der Waals surface area contributed by atoms with Crippen LogP contribution in [-0.2, 0) is 9.59 Å². The van der Waals surface area contributed by atoms with Crippen LogP contribution in [0.25, 0.3) is 5.57 Å². The Bertz CT molecular complexity index is 1100. The third-order valence-corrected chi connectivity index (χ3v) is 4.67. The lowest BCUT2D eigenvalue weighted by molar-refractivity contribution is -0.120. The third kappa shape index (κ3) is 3.17. The number of carbonyl (C=O) groups excluding carboxylic acids is 2. The molecule has 0 aromatic heterocycles. The number of hydrogen-bond donors (Lipinski definition) is 1. The lowest BCUT2D eigenvalue weighted by Crippen LogP contribution is -2.32. The quantitative estimate of drug-likeness (QED) is 0.644. The van der Waals surface area contributed by atoms with Crippen molar-refractivity contribution in [1.82, 2.24) is 0 Å². The van der Waals surface area contributed by atoms with E-state index in [-0.39, 0.29) is 16.3 Å². The van der Waals surface area contributed by atoms with Crippen molar-refractivity contribution in [2.24, 2.45) is 0 Å². The highest BCUT2D eigenvalue weighted by molar-refractivity contribution is 6.48. The minimum Gasteiger partial charge on any atom is -0.350 e. The first-order chi connectivity index (χ1) is 13.6. The van der Waals surface area contributed by atoms with Gasteiger partial charge in [0.1, 0.15) is 11.5 Å². The largest absolute Gasteiger partial charge is 0.350 e. The Morgan fingerprint density at radius 3 is 2.11 bits per heavy atom. The number of benzene rings is 3. The summed E-state index contributed by atoms with van der Waals surface area (Å²) in [6.07, 6.45) is 0. The average Bonchev–Trinajstić information content (AvgIpc) is 2.94. The van der Waals surface area contributed by atoms with Gasteiger partial charge in [0.2, 0.25) is 0 Å². The van der Waals surface area contributed by atoms with Crippen LogP contribution in [0.2, 0.25) is 5.02 Å². The topological polar surface area (TPSA) is 49.4 Å². The third-order valence-electron chi connectivity index (χ3n) is 4.35. The second kappa shape index (κ2) is 7.29. The van der Waals surface area contributed by atoms with Crippen molar-refractivity contribution < 1.29 is 14.0 Å². The number of halogens is 2. The lowest BCUT2D eigenvalue weighted by Gasteiger charge is -2.16. The van der Waals surface area contributed by atoms with Gasteiger partial charge in [-0.1, -0.05) is 54.1 Å². The van der Waals surface area contributed by atoms with E-state index in [0.29, 0.717) is 16.9 Å². The monoisotopic (exact) mass is 392 g/mol. The predicted molar refractivity (Wildman–Crippen MR) is 107 cm³/mol. The first-order valence-electron chi connectivity index (χ1n) is 8.52. The van der Waals surface area contributed by atoms with Crippen LogP contribution in [0.4, 0.5) is 15.8 Å². The van der Waals surface area contributed by atoms with Gasteiger partial charge >= 0.3 is 0 Å².